The molecular weight excluding hydrogens is 312 g/mol. The minimum Gasteiger partial charge on any atom is -0.452 e. The van der Waals surface area contributed by atoms with Crippen LogP contribution in [0.4, 0.5) is 0 Å². The molecular formula is C17H20N2O3S. The summed E-state index contributed by atoms with van der Waals surface area (Å²) in [7, 11) is 0. The van der Waals surface area contributed by atoms with Gasteiger partial charge in [-0.25, -0.2) is 9.78 Å². The van der Waals surface area contributed by atoms with Gasteiger partial charge in [0.1, 0.15) is 0 Å². The summed E-state index contributed by atoms with van der Waals surface area (Å²) in [6.45, 7) is 5.58. The van der Waals surface area contributed by atoms with E-state index in [0.717, 1.165) is 29.7 Å². The van der Waals surface area contributed by atoms with Gasteiger partial charge in [0.05, 0.1) is 21.3 Å². The Labute approximate surface area is 139 Å². The van der Waals surface area contributed by atoms with E-state index in [0.29, 0.717) is 17.4 Å². The fraction of sp³-hybridized carbons (Fsp3) is 0.471. The van der Waals surface area contributed by atoms with Gasteiger partial charge in [-0.1, -0.05) is 13.8 Å². The largest absolute Gasteiger partial charge is 0.452 e. The third kappa shape index (κ3) is 3.69. The van der Waals surface area contributed by atoms with Crippen LogP contribution in [0.3, 0.4) is 0 Å². The lowest BCUT2D eigenvalue weighted by Gasteiger charge is -2.34. The zero-order chi connectivity index (χ0) is 16.4. The summed E-state index contributed by atoms with van der Waals surface area (Å²) in [6, 6.07) is 5.23. The highest BCUT2D eigenvalue weighted by molar-refractivity contribution is 7.16. The van der Waals surface area contributed by atoms with E-state index in [4.69, 9.17) is 4.74 Å². The Morgan fingerprint density at radius 1 is 1.30 bits per heavy atom. The van der Waals surface area contributed by atoms with Crippen molar-refractivity contribution in [1.82, 2.24) is 9.88 Å². The molecule has 0 N–H and O–H groups in total. The van der Waals surface area contributed by atoms with Crippen LogP contribution in [0.1, 0.15) is 30.6 Å². The Bertz CT molecular complexity index is 717. The van der Waals surface area contributed by atoms with Crippen molar-refractivity contribution in [3.8, 4) is 0 Å². The first-order valence-corrected chi connectivity index (χ1v) is 8.69. The number of esters is 1. The fourth-order valence-electron chi connectivity index (χ4n) is 3.15. The number of rotatable bonds is 3. The summed E-state index contributed by atoms with van der Waals surface area (Å²) in [5.41, 5.74) is 3.05. The first-order chi connectivity index (χ1) is 11.0. The predicted octanol–water partition coefficient (Wildman–Crippen LogP) is 2.96. The molecule has 0 aliphatic carbocycles. The van der Waals surface area contributed by atoms with Gasteiger partial charge in [-0.3, -0.25) is 4.79 Å². The van der Waals surface area contributed by atoms with Gasteiger partial charge < -0.3 is 9.64 Å². The lowest BCUT2D eigenvalue weighted by molar-refractivity contribution is -0.137. The summed E-state index contributed by atoms with van der Waals surface area (Å²) in [5, 5.41) is 0. The van der Waals surface area contributed by atoms with E-state index < -0.39 is 5.97 Å². The van der Waals surface area contributed by atoms with E-state index >= 15 is 0 Å². The molecule has 1 aromatic carbocycles. The molecule has 6 heteroatoms. The Hall–Kier alpha value is -1.95. The van der Waals surface area contributed by atoms with Crippen molar-refractivity contribution >= 4 is 33.4 Å². The molecule has 1 fully saturated rings. The normalized spacial score (nSPS) is 21.4. The molecule has 0 unspecified atom stereocenters. The molecule has 23 heavy (non-hydrogen) atoms. The average molecular weight is 332 g/mol. The summed E-state index contributed by atoms with van der Waals surface area (Å²) in [5.74, 6) is 0.404. The van der Waals surface area contributed by atoms with Crippen LogP contribution in [0.25, 0.3) is 10.2 Å². The van der Waals surface area contributed by atoms with Crippen LogP contribution in [0.15, 0.2) is 23.7 Å². The average Bonchev–Trinajstić information content (AvgIpc) is 2.98. The number of amides is 1. The Kier molecular flexibility index (Phi) is 4.61. The molecule has 1 saturated heterocycles. The van der Waals surface area contributed by atoms with Crippen molar-refractivity contribution in [2.45, 2.75) is 20.3 Å². The SMILES string of the molecule is C[C@@H]1C[C@@H](C)CN(C(=O)COC(=O)c2ccc3ncsc3c2)C1. The van der Waals surface area contributed by atoms with Gasteiger partial charge in [-0.15, -0.1) is 11.3 Å². The van der Waals surface area contributed by atoms with Gasteiger partial charge in [0.15, 0.2) is 6.61 Å². The van der Waals surface area contributed by atoms with Crippen LogP contribution in [0, 0.1) is 11.8 Å². The molecule has 0 radical (unpaired) electrons. The number of thiazole rings is 1. The number of nitrogens with zero attached hydrogens (tertiary/aromatic N) is 2. The van der Waals surface area contributed by atoms with E-state index in [1.54, 1.807) is 28.6 Å². The molecule has 0 bridgehead atoms. The maximum atomic E-state index is 12.2. The summed E-state index contributed by atoms with van der Waals surface area (Å²) >= 11 is 1.47. The Morgan fingerprint density at radius 3 is 2.78 bits per heavy atom. The number of fused-ring (bicyclic) bond motifs is 1. The molecule has 3 rings (SSSR count). The number of piperidine rings is 1. The second kappa shape index (κ2) is 6.66. The minimum atomic E-state index is -0.466. The van der Waals surface area contributed by atoms with Crippen molar-refractivity contribution in [2.75, 3.05) is 19.7 Å². The molecule has 122 valence electrons. The number of hydrogen-bond donors (Lipinski definition) is 0. The molecule has 1 aliphatic heterocycles. The molecule has 2 aromatic rings. The lowest BCUT2D eigenvalue weighted by atomic mass is 9.92. The smallest absolute Gasteiger partial charge is 0.338 e. The van der Waals surface area contributed by atoms with Gasteiger partial charge in [0, 0.05) is 13.1 Å². The highest BCUT2D eigenvalue weighted by Crippen LogP contribution is 2.21. The quantitative estimate of drug-likeness (QED) is 0.811. The number of likely N-dealkylation sites (tertiary alicyclic amines) is 1. The number of hydrogen-bond acceptors (Lipinski definition) is 5. The number of benzene rings is 1. The third-order valence-electron chi connectivity index (χ3n) is 4.12. The van der Waals surface area contributed by atoms with E-state index in [-0.39, 0.29) is 12.5 Å². The van der Waals surface area contributed by atoms with Crippen LogP contribution >= 0.6 is 11.3 Å². The van der Waals surface area contributed by atoms with Gasteiger partial charge in [0.2, 0.25) is 0 Å². The molecule has 1 aliphatic rings. The number of carbonyl (C=O) groups excluding carboxylic acids is 2. The zero-order valence-corrected chi connectivity index (χ0v) is 14.1. The molecule has 1 aromatic heterocycles. The van der Waals surface area contributed by atoms with Crippen LogP contribution in [-0.4, -0.2) is 41.5 Å². The molecule has 0 spiro atoms. The zero-order valence-electron chi connectivity index (χ0n) is 13.3. The standard InChI is InChI=1S/C17H20N2O3S/c1-11-5-12(2)8-19(7-11)16(20)9-22-17(21)13-3-4-14-15(6-13)23-10-18-14/h3-4,6,10-12H,5,7-9H2,1-2H3/t11-,12-/m1/s1. The van der Waals surface area contributed by atoms with Gasteiger partial charge >= 0.3 is 5.97 Å². The molecule has 2 heterocycles. The van der Waals surface area contributed by atoms with Crippen molar-refractivity contribution in [1.29, 1.82) is 0 Å². The Balaban J connectivity index is 1.58. The van der Waals surface area contributed by atoms with E-state index in [9.17, 15) is 9.59 Å². The molecule has 2 atom stereocenters. The van der Waals surface area contributed by atoms with Crippen LogP contribution in [-0.2, 0) is 9.53 Å². The van der Waals surface area contributed by atoms with E-state index in [1.165, 1.54) is 11.3 Å². The molecule has 0 saturated carbocycles. The first kappa shape index (κ1) is 15.9. The first-order valence-electron chi connectivity index (χ1n) is 7.81. The van der Waals surface area contributed by atoms with Crippen molar-refractivity contribution in [2.24, 2.45) is 11.8 Å². The minimum absolute atomic E-state index is 0.115. The third-order valence-corrected chi connectivity index (χ3v) is 4.91. The molecule has 5 nitrogen and oxygen atoms in total. The monoisotopic (exact) mass is 332 g/mol. The van der Waals surface area contributed by atoms with Crippen LogP contribution < -0.4 is 0 Å². The van der Waals surface area contributed by atoms with Crippen molar-refractivity contribution in [3.63, 3.8) is 0 Å². The van der Waals surface area contributed by atoms with Gasteiger partial charge in [-0.2, -0.15) is 0 Å². The second-order valence-electron chi connectivity index (χ2n) is 6.36. The topological polar surface area (TPSA) is 59.5 Å². The van der Waals surface area contributed by atoms with Crippen LogP contribution in [0.5, 0.6) is 0 Å². The number of aromatic nitrogens is 1. The van der Waals surface area contributed by atoms with Crippen molar-refractivity contribution in [3.05, 3.63) is 29.3 Å². The van der Waals surface area contributed by atoms with E-state index in [1.807, 2.05) is 0 Å². The number of ether oxygens (including phenoxy) is 1. The highest BCUT2D eigenvalue weighted by Gasteiger charge is 2.26. The second-order valence-corrected chi connectivity index (χ2v) is 7.24. The summed E-state index contributed by atoms with van der Waals surface area (Å²) < 4.78 is 6.13. The summed E-state index contributed by atoms with van der Waals surface area (Å²) in [4.78, 5) is 30.3. The number of carbonyl (C=O) groups is 2. The lowest BCUT2D eigenvalue weighted by Crippen LogP contribution is -2.44. The van der Waals surface area contributed by atoms with E-state index in [2.05, 4.69) is 18.8 Å². The molecule has 1 amide bonds. The van der Waals surface area contributed by atoms with Gasteiger partial charge in [-0.05, 0) is 36.5 Å². The van der Waals surface area contributed by atoms with Gasteiger partial charge in [0.25, 0.3) is 5.91 Å². The predicted molar refractivity (Wildman–Crippen MR) is 89.4 cm³/mol. The van der Waals surface area contributed by atoms with Crippen LogP contribution in [0.2, 0.25) is 0 Å². The fourth-order valence-corrected chi connectivity index (χ4v) is 3.87. The highest BCUT2D eigenvalue weighted by atomic mass is 32.1. The Morgan fingerprint density at radius 2 is 2.04 bits per heavy atom. The maximum absolute atomic E-state index is 12.2. The van der Waals surface area contributed by atoms with Crippen molar-refractivity contribution < 1.29 is 14.3 Å². The maximum Gasteiger partial charge on any atom is 0.338 e. The summed E-state index contributed by atoms with van der Waals surface area (Å²) in [6.07, 6.45) is 1.14.